The number of ether oxygens (including phenoxy) is 1. The highest BCUT2D eigenvalue weighted by molar-refractivity contribution is 5.55. The van der Waals surface area contributed by atoms with Gasteiger partial charge in [-0.05, 0) is 38.1 Å². The average molecular weight is 216 g/mol. The number of hydrogen-bond donors (Lipinski definition) is 1. The molecule has 3 heteroatoms. The molecule has 1 aromatic rings. The molecule has 0 saturated carbocycles. The lowest BCUT2D eigenvalue weighted by Crippen LogP contribution is -2.29. The maximum absolute atomic E-state index is 5.86. The van der Waals surface area contributed by atoms with Crippen LogP contribution in [0.4, 0.5) is 5.69 Å². The van der Waals surface area contributed by atoms with Crippen LogP contribution < -0.4 is 15.2 Å². The molecule has 0 aliphatic carbocycles. The van der Waals surface area contributed by atoms with E-state index < -0.39 is 0 Å². The van der Waals surface area contributed by atoms with Gasteiger partial charge in [0.2, 0.25) is 0 Å². The van der Waals surface area contributed by atoms with E-state index in [-0.39, 0.29) is 5.60 Å². The van der Waals surface area contributed by atoms with Crippen molar-refractivity contribution in [2.24, 2.45) is 0 Å². The molecular formula is C13H16N2O. The van der Waals surface area contributed by atoms with Crippen molar-refractivity contribution in [1.82, 2.24) is 5.43 Å². The Kier molecular flexibility index (Phi) is 1.90. The zero-order valence-corrected chi connectivity index (χ0v) is 9.66. The summed E-state index contributed by atoms with van der Waals surface area (Å²) in [5.74, 6) is 1.03. The molecule has 2 aliphatic rings. The van der Waals surface area contributed by atoms with Gasteiger partial charge in [-0.3, -0.25) is 5.01 Å². The van der Waals surface area contributed by atoms with Crippen LogP contribution in [0.1, 0.15) is 19.4 Å². The first-order chi connectivity index (χ1) is 7.64. The number of fused-ring (bicyclic) bond motifs is 1. The molecule has 16 heavy (non-hydrogen) atoms. The standard InChI is InChI=1S/C13H16N2O/c1-13(2)9-10-8-11(4-5-12(10)16-13)15-7-3-6-14-15/h3-6,8,14H,7,9H2,1-2H3. The van der Waals surface area contributed by atoms with Crippen LogP contribution in [-0.2, 0) is 6.42 Å². The van der Waals surface area contributed by atoms with Crippen molar-refractivity contribution < 1.29 is 4.74 Å². The summed E-state index contributed by atoms with van der Waals surface area (Å²) in [6, 6.07) is 6.38. The minimum absolute atomic E-state index is 0.0579. The van der Waals surface area contributed by atoms with Crippen molar-refractivity contribution >= 4 is 5.69 Å². The van der Waals surface area contributed by atoms with E-state index in [1.807, 2.05) is 6.20 Å². The summed E-state index contributed by atoms with van der Waals surface area (Å²) >= 11 is 0. The molecule has 0 spiro atoms. The molecule has 0 atom stereocenters. The van der Waals surface area contributed by atoms with Crippen molar-refractivity contribution in [3.05, 3.63) is 36.0 Å². The fourth-order valence-electron chi connectivity index (χ4n) is 2.30. The number of rotatable bonds is 1. The van der Waals surface area contributed by atoms with Gasteiger partial charge < -0.3 is 10.2 Å². The second kappa shape index (κ2) is 3.17. The summed E-state index contributed by atoms with van der Waals surface area (Å²) in [5.41, 5.74) is 5.64. The van der Waals surface area contributed by atoms with Crippen LogP contribution in [0.2, 0.25) is 0 Å². The molecular weight excluding hydrogens is 200 g/mol. The van der Waals surface area contributed by atoms with Gasteiger partial charge in [0.25, 0.3) is 0 Å². The quantitative estimate of drug-likeness (QED) is 0.779. The minimum Gasteiger partial charge on any atom is -0.487 e. The predicted molar refractivity (Wildman–Crippen MR) is 64.5 cm³/mol. The van der Waals surface area contributed by atoms with Gasteiger partial charge in [-0.2, -0.15) is 0 Å². The first-order valence-corrected chi connectivity index (χ1v) is 5.65. The molecule has 0 bridgehead atoms. The minimum atomic E-state index is -0.0579. The summed E-state index contributed by atoms with van der Waals surface area (Å²) < 4.78 is 5.86. The first kappa shape index (κ1) is 9.58. The third kappa shape index (κ3) is 1.52. The molecule has 0 fully saturated rings. The maximum Gasteiger partial charge on any atom is 0.123 e. The number of nitrogens with zero attached hydrogens (tertiary/aromatic N) is 1. The zero-order chi connectivity index (χ0) is 11.2. The molecule has 0 radical (unpaired) electrons. The Morgan fingerprint density at radius 1 is 1.38 bits per heavy atom. The molecule has 0 aromatic heterocycles. The van der Waals surface area contributed by atoms with Crippen molar-refractivity contribution in [2.75, 3.05) is 11.6 Å². The van der Waals surface area contributed by atoms with E-state index in [1.54, 1.807) is 0 Å². The summed E-state index contributed by atoms with van der Waals surface area (Å²) in [5, 5.41) is 2.12. The van der Waals surface area contributed by atoms with Crippen molar-refractivity contribution in [2.45, 2.75) is 25.9 Å². The molecule has 0 unspecified atom stereocenters. The monoisotopic (exact) mass is 216 g/mol. The topological polar surface area (TPSA) is 24.5 Å². The van der Waals surface area contributed by atoms with E-state index in [0.29, 0.717) is 0 Å². The zero-order valence-electron chi connectivity index (χ0n) is 9.66. The van der Waals surface area contributed by atoms with E-state index in [0.717, 1.165) is 18.7 Å². The van der Waals surface area contributed by atoms with Crippen LogP contribution in [0.15, 0.2) is 30.5 Å². The Bertz CT molecular complexity index is 443. The van der Waals surface area contributed by atoms with Gasteiger partial charge in [-0.1, -0.05) is 0 Å². The highest BCUT2D eigenvalue weighted by Gasteiger charge is 2.30. The van der Waals surface area contributed by atoms with Crippen LogP contribution in [-0.4, -0.2) is 12.1 Å². The molecule has 84 valence electrons. The van der Waals surface area contributed by atoms with Crippen LogP contribution in [0, 0.1) is 0 Å². The second-order valence-corrected chi connectivity index (χ2v) is 4.97. The molecule has 3 rings (SSSR count). The lowest BCUT2D eigenvalue weighted by Gasteiger charge is -2.18. The molecule has 3 nitrogen and oxygen atoms in total. The molecule has 2 heterocycles. The second-order valence-electron chi connectivity index (χ2n) is 4.97. The highest BCUT2D eigenvalue weighted by atomic mass is 16.5. The lowest BCUT2D eigenvalue weighted by atomic mass is 10.0. The molecule has 1 aromatic carbocycles. The van der Waals surface area contributed by atoms with E-state index >= 15 is 0 Å². The molecule has 1 N–H and O–H groups in total. The van der Waals surface area contributed by atoms with Crippen LogP contribution >= 0.6 is 0 Å². The third-order valence-corrected chi connectivity index (χ3v) is 2.99. The van der Waals surface area contributed by atoms with Gasteiger partial charge in [-0.25, -0.2) is 0 Å². The highest BCUT2D eigenvalue weighted by Crippen LogP contribution is 2.36. The largest absolute Gasteiger partial charge is 0.487 e. The lowest BCUT2D eigenvalue weighted by molar-refractivity contribution is 0.138. The van der Waals surface area contributed by atoms with Crippen LogP contribution in [0.3, 0.4) is 0 Å². The summed E-state index contributed by atoms with van der Waals surface area (Å²) in [6.45, 7) is 5.17. The number of benzene rings is 1. The van der Waals surface area contributed by atoms with Gasteiger partial charge in [0.05, 0.1) is 12.2 Å². The fourth-order valence-corrected chi connectivity index (χ4v) is 2.30. The first-order valence-electron chi connectivity index (χ1n) is 5.65. The van der Waals surface area contributed by atoms with Gasteiger partial charge in [0, 0.05) is 18.2 Å². The van der Waals surface area contributed by atoms with Crippen molar-refractivity contribution in [3.8, 4) is 5.75 Å². The third-order valence-electron chi connectivity index (χ3n) is 2.99. The Morgan fingerprint density at radius 3 is 3.00 bits per heavy atom. The Labute approximate surface area is 95.7 Å². The van der Waals surface area contributed by atoms with E-state index in [1.165, 1.54) is 11.3 Å². The normalized spacial score (nSPS) is 20.5. The van der Waals surface area contributed by atoms with E-state index in [9.17, 15) is 0 Å². The number of anilines is 1. The fraction of sp³-hybridized carbons (Fsp3) is 0.385. The van der Waals surface area contributed by atoms with Gasteiger partial charge in [0.1, 0.15) is 11.4 Å². The smallest absolute Gasteiger partial charge is 0.123 e. The number of hydrazine groups is 1. The Morgan fingerprint density at radius 2 is 2.25 bits per heavy atom. The molecule has 0 saturated heterocycles. The van der Waals surface area contributed by atoms with Crippen LogP contribution in [0.25, 0.3) is 0 Å². The van der Waals surface area contributed by atoms with Gasteiger partial charge >= 0.3 is 0 Å². The van der Waals surface area contributed by atoms with Gasteiger partial charge in [-0.15, -0.1) is 0 Å². The molecule has 0 amide bonds. The van der Waals surface area contributed by atoms with E-state index in [4.69, 9.17) is 4.74 Å². The van der Waals surface area contributed by atoms with E-state index in [2.05, 4.69) is 48.6 Å². The van der Waals surface area contributed by atoms with Crippen LogP contribution in [0.5, 0.6) is 5.75 Å². The van der Waals surface area contributed by atoms with Crippen molar-refractivity contribution in [1.29, 1.82) is 0 Å². The summed E-state index contributed by atoms with van der Waals surface area (Å²) in [4.78, 5) is 0. The number of hydrogen-bond acceptors (Lipinski definition) is 3. The SMILES string of the molecule is CC1(C)Cc2cc(N3CC=CN3)ccc2O1. The van der Waals surface area contributed by atoms with Crippen molar-refractivity contribution in [3.63, 3.8) is 0 Å². The summed E-state index contributed by atoms with van der Waals surface area (Å²) in [7, 11) is 0. The maximum atomic E-state index is 5.86. The average Bonchev–Trinajstić information content (AvgIpc) is 2.80. The number of nitrogens with one attached hydrogen (secondary N) is 1. The van der Waals surface area contributed by atoms with Gasteiger partial charge in [0.15, 0.2) is 0 Å². The summed E-state index contributed by atoms with van der Waals surface area (Å²) in [6.07, 6.45) is 5.05. The predicted octanol–water partition coefficient (Wildman–Crippen LogP) is 2.24. The molecule has 2 aliphatic heterocycles. The Hall–Kier alpha value is -1.64. The Balaban J connectivity index is 1.90.